The molecule has 0 aliphatic heterocycles. The zero-order chi connectivity index (χ0) is 12.2. The predicted octanol–water partition coefficient (Wildman–Crippen LogP) is 3.45. The molecule has 0 fully saturated rings. The fourth-order valence-corrected chi connectivity index (χ4v) is 11.1. The third kappa shape index (κ3) is 10.5. The van der Waals surface area contributed by atoms with Crippen molar-refractivity contribution in [2.75, 3.05) is 61.6 Å². The summed E-state index contributed by atoms with van der Waals surface area (Å²) in [6.07, 6.45) is 14.2. The Balaban J connectivity index is 3.83. The third-order valence-corrected chi connectivity index (χ3v) is 11.2. The molecular formula is C10H28P6. The Kier molecular flexibility index (Phi) is 16.3. The van der Waals surface area contributed by atoms with Crippen LogP contribution in [0.1, 0.15) is 0 Å². The zero-order valence-electron chi connectivity index (χ0n) is 10.3. The van der Waals surface area contributed by atoms with Crippen molar-refractivity contribution in [2.45, 2.75) is 0 Å². The van der Waals surface area contributed by atoms with E-state index < -0.39 is 0 Å². The van der Waals surface area contributed by atoms with E-state index in [2.05, 4.69) is 37.0 Å². The van der Waals surface area contributed by atoms with Gasteiger partial charge in [-0.3, -0.25) is 0 Å². The summed E-state index contributed by atoms with van der Waals surface area (Å²) in [6.45, 7) is 0. The molecule has 98 valence electrons. The first-order chi connectivity index (χ1) is 7.78. The van der Waals surface area contributed by atoms with Crippen molar-refractivity contribution in [3.05, 3.63) is 0 Å². The highest BCUT2D eigenvalue weighted by Crippen LogP contribution is 2.43. The molecule has 0 spiro atoms. The van der Waals surface area contributed by atoms with Crippen LogP contribution in [0.25, 0.3) is 0 Å². The van der Waals surface area contributed by atoms with Crippen LogP contribution in [-0.4, -0.2) is 61.6 Å². The van der Waals surface area contributed by atoms with E-state index in [0.29, 0.717) is 15.8 Å². The Morgan fingerprint density at radius 2 is 0.688 bits per heavy atom. The smallest absolute Gasteiger partial charge is 0.0286 e. The van der Waals surface area contributed by atoms with Crippen molar-refractivity contribution in [2.24, 2.45) is 0 Å². The van der Waals surface area contributed by atoms with Gasteiger partial charge in [-0.25, -0.2) is 0 Å². The quantitative estimate of drug-likeness (QED) is 0.508. The van der Waals surface area contributed by atoms with Gasteiger partial charge in [0.05, 0.1) is 0 Å². The Bertz CT molecular complexity index is 115. The van der Waals surface area contributed by atoms with Crippen molar-refractivity contribution < 1.29 is 0 Å². The lowest BCUT2D eigenvalue weighted by Crippen LogP contribution is -2.04. The molecule has 0 nitrogen and oxygen atoms in total. The minimum atomic E-state index is 0.346. The van der Waals surface area contributed by atoms with Gasteiger partial charge in [0.1, 0.15) is 0 Å². The lowest BCUT2D eigenvalue weighted by atomic mass is 10.9. The molecule has 0 bridgehead atoms. The Morgan fingerprint density at radius 1 is 0.438 bits per heavy atom. The topological polar surface area (TPSA) is 0 Å². The molecule has 0 aliphatic carbocycles. The van der Waals surface area contributed by atoms with Gasteiger partial charge in [-0.05, 0) is 61.6 Å². The molecule has 0 N–H and O–H groups in total. The summed E-state index contributed by atoms with van der Waals surface area (Å²) in [5.74, 6) is 0. The van der Waals surface area contributed by atoms with E-state index in [1.54, 1.807) is 12.3 Å². The SMILES string of the molecule is PCCP(CCP)CCP(CCP)CCP. The van der Waals surface area contributed by atoms with Gasteiger partial charge in [0.15, 0.2) is 0 Å². The average Bonchev–Trinajstić information content (AvgIpc) is 2.27. The zero-order valence-corrected chi connectivity index (χ0v) is 16.7. The van der Waals surface area contributed by atoms with Gasteiger partial charge in [-0.1, -0.05) is 0 Å². The third-order valence-electron chi connectivity index (χ3n) is 2.51. The van der Waals surface area contributed by atoms with Crippen LogP contribution >= 0.6 is 52.8 Å². The van der Waals surface area contributed by atoms with E-state index in [9.17, 15) is 0 Å². The van der Waals surface area contributed by atoms with Crippen molar-refractivity contribution in [1.82, 2.24) is 0 Å². The van der Waals surface area contributed by atoms with Crippen LogP contribution in [0.15, 0.2) is 0 Å². The summed E-state index contributed by atoms with van der Waals surface area (Å²) >= 11 is 0. The second kappa shape index (κ2) is 14.0. The summed E-state index contributed by atoms with van der Waals surface area (Å²) in [4.78, 5) is 0. The molecule has 0 rings (SSSR count). The largest absolute Gasteiger partial charge is 0.137 e. The standard InChI is InChI=1S/C10H28P6/c11-1-5-15(6-2-12)9-10-16(7-3-13)8-4-14/h1-14H2. The molecule has 4 atom stereocenters. The highest BCUT2D eigenvalue weighted by molar-refractivity contribution is 7.62. The molecule has 0 amide bonds. The van der Waals surface area contributed by atoms with Gasteiger partial charge < -0.3 is 0 Å². The average molecular weight is 334 g/mol. The molecule has 0 radical (unpaired) electrons. The molecule has 0 saturated heterocycles. The lowest BCUT2D eigenvalue weighted by molar-refractivity contribution is 1.33. The molecule has 16 heavy (non-hydrogen) atoms. The van der Waals surface area contributed by atoms with Crippen LogP contribution in [0.3, 0.4) is 0 Å². The molecular weight excluding hydrogens is 306 g/mol. The monoisotopic (exact) mass is 334 g/mol. The maximum atomic E-state index is 2.90. The van der Waals surface area contributed by atoms with Crippen LogP contribution in [0.2, 0.25) is 0 Å². The molecule has 0 aromatic heterocycles. The molecule has 0 saturated carbocycles. The first kappa shape index (κ1) is 18.6. The highest BCUT2D eigenvalue weighted by Gasteiger charge is 2.10. The van der Waals surface area contributed by atoms with Gasteiger partial charge in [0.2, 0.25) is 0 Å². The number of hydrogen-bond acceptors (Lipinski definition) is 0. The maximum Gasteiger partial charge on any atom is -0.0286 e. The van der Waals surface area contributed by atoms with Crippen molar-refractivity contribution in [3.8, 4) is 0 Å². The van der Waals surface area contributed by atoms with Gasteiger partial charge in [-0.2, -0.15) is 0 Å². The summed E-state index contributed by atoms with van der Waals surface area (Å²) in [5, 5.41) is 0. The van der Waals surface area contributed by atoms with Crippen molar-refractivity contribution >= 4 is 52.8 Å². The maximum absolute atomic E-state index is 2.90. The van der Waals surface area contributed by atoms with Crippen LogP contribution in [0, 0.1) is 0 Å². The minimum absolute atomic E-state index is 0.346. The van der Waals surface area contributed by atoms with Crippen LogP contribution in [0.4, 0.5) is 0 Å². The lowest BCUT2D eigenvalue weighted by Gasteiger charge is -2.21. The molecule has 0 aliphatic rings. The van der Waals surface area contributed by atoms with E-state index in [1.165, 1.54) is 49.3 Å². The van der Waals surface area contributed by atoms with E-state index >= 15 is 0 Å². The summed E-state index contributed by atoms with van der Waals surface area (Å²) in [7, 11) is 12.3. The highest BCUT2D eigenvalue weighted by atomic mass is 31.1. The van der Waals surface area contributed by atoms with Crippen LogP contribution in [0.5, 0.6) is 0 Å². The molecule has 6 heteroatoms. The van der Waals surface area contributed by atoms with Gasteiger partial charge >= 0.3 is 0 Å². The van der Waals surface area contributed by atoms with E-state index in [0.717, 1.165) is 0 Å². The number of rotatable bonds is 11. The summed E-state index contributed by atoms with van der Waals surface area (Å²) in [5.41, 5.74) is 0. The van der Waals surface area contributed by atoms with Gasteiger partial charge in [-0.15, -0.1) is 52.8 Å². The number of hydrogen-bond donors (Lipinski definition) is 0. The van der Waals surface area contributed by atoms with E-state index in [-0.39, 0.29) is 0 Å². The normalized spacial score (nSPS) is 11.6. The fraction of sp³-hybridized carbons (Fsp3) is 1.00. The van der Waals surface area contributed by atoms with Gasteiger partial charge in [0, 0.05) is 0 Å². The first-order valence-electron chi connectivity index (χ1n) is 6.03. The van der Waals surface area contributed by atoms with Crippen molar-refractivity contribution in [3.63, 3.8) is 0 Å². The molecule has 0 aromatic carbocycles. The van der Waals surface area contributed by atoms with E-state index in [1.807, 2.05) is 0 Å². The molecule has 0 heterocycles. The van der Waals surface area contributed by atoms with Crippen LogP contribution in [-0.2, 0) is 0 Å². The Labute approximate surface area is 114 Å². The summed E-state index contributed by atoms with van der Waals surface area (Å²) < 4.78 is 0. The summed E-state index contributed by atoms with van der Waals surface area (Å²) in [6, 6.07) is 0. The first-order valence-corrected chi connectivity index (χ1v) is 13.1. The molecule has 4 unspecified atom stereocenters. The fourth-order valence-electron chi connectivity index (χ4n) is 1.68. The minimum Gasteiger partial charge on any atom is -0.137 e. The Morgan fingerprint density at radius 3 is 0.875 bits per heavy atom. The molecule has 0 aromatic rings. The van der Waals surface area contributed by atoms with E-state index in [4.69, 9.17) is 0 Å². The van der Waals surface area contributed by atoms with Gasteiger partial charge in [0.25, 0.3) is 0 Å². The Hall–Kier alpha value is 2.58. The predicted molar refractivity (Wildman–Crippen MR) is 101 cm³/mol. The van der Waals surface area contributed by atoms with Crippen molar-refractivity contribution in [1.29, 1.82) is 0 Å². The van der Waals surface area contributed by atoms with Crippen LogP contribution < -0.4 is 0 Å². The second-order valence-corrected chi connectivity index (χ2v) is 11.5. The second-order valence-electron chi connectivity index (χ2n) is 3.84.